The highest BCUT2D eigenvalue weighted by molar-refractivity contribution is 9.11. The summed E-state index contributed by atoms with van der Waals surface area (Å²) in [4.78, 5) is 4.24. The average Bonchev–Trinajstić information content (AvgIpc) is 2.39. The van der Waals surface area contributed by atoms with Crippen molar-refractivity contribution in [2.75, 3.05) is 12.4 Å². The van der Waals surface area contributed by atoms with Gasteiger partial charge in [0.1, 0.15) is 18.2 Å². The summed E-state index contributed by atoms with van der Waals surface area (Å²) in [6, 6.07) is 9.76. The smallest absolute Gasteiger partial charge is 0.148 e. The van der Waals surface area contributed by atoms with Crippen LogP contribution in [0.5, 0.6) is 5.75 Å². The number of ether oxygens (including phenoxy) is 1. The Hall–Kier alpha value is -1.07. The second kappa shape index (κ2) is 6.20. The van der Waals surface area contributed by atoms with Gasteiger partial charge in [-0.1, -0.05) is 12.1 Å². The van der Waals surface area contributed by atoms with E-state index >= 15 is 0 Å². The number of nitrogens with zero attached hydrogens (tertiary/aromatic N) is 1. The van der Waals surface area contributed by atoms with Crippen LogP contribution in [0.4, 0.5) is 5.82 Å². The Bertz CT molecular complexity index is 509. The van der Waals surface area contributed by atoms with Gasteiger partial charge in [-0.25, -0.2) is 4.98 Å². The first-order valence-electron chi connectivity index (χ1n) is 5.40. The maximum Gasteiger partial charge on any atom is 0.148 e. The number of rotatable bonds is 4. The van der Waals surface area contributed by atoms with Crippen LogP contribution < -0.4 is 10.1 Å². The van der Waals surface area contributed by atoms with Gasteiger partial charge < -0.3 is 10.1 Å². The van der Waals surface area contributed by atoms with Gasteiger partial charge in [0.05, 0.1) is 8.95 Å². The zero-order valence-electron chi connectivity index (χ0n) is 9.78. The number of halogens is 2. The molecule has 0 amide bonds. The average molecular weight is 372 g/mol. The molecule has 3 nitrogen and oxygen atoms in total. The van der Waals surface area contributed by atoms with Crippen molar-refractivity contribution >= 4 is 37.7 Å². The Morgan fingerprint density at radius 2 is 1.89 bits per heavy atom. The van der Waals surface area contributed by atoms with Crippen molar-refractivity contribution in [3.63, 3.8) is 0 Å². The molecule has 0 aliphatic rings. The molecule has 1 aromatic heterocycles. The lowest BCUT2D eigenvalue weighted by atomic mass is 10.3. The summed E-state index contributed by atoms with van der Waals surface area (Å²) < 4.78 is 7.63. The van der Waals surface area contributed by atoms with Crippen molar-refractivity contribution < 1.29 is 4.74 Å². The first kappa shape index (κ1) is 13.4. The molecule has 0 aliphatic carbocycles. The van der Waals surface area contributed by atoms with Gasteiger partial charge in [-0.2, -0.15) is 0 Å². The number of hydrogen-bond donors (Lipinski definition) is 1. The molecule has 0 saturated heterocycles. The lowest BCUT2D eigenvalue weighted by Crippen LogP contribution is -1.99. The summed E-state index contributed by atoms with van der Waals surface area (Å²) in [5.74, 6) is 1.65. The van der Waals surface area contributed by atoms with Gasteiger partial charge in [-0.15, -0.1) is 0 Å². The summed E-state index contributed by atoms with van der Waals surface area (Å²) in [5.41, 5.74) is 1.02. The number of hydrogen-bond acceptors (Lipinski definition) is 3. The second-order valence-corrected chi connectivity index (χ2v) is 5.35. The van der Waals surface area contributed by atoms with E-state index in [-0.39, 0.29) is 0 Å². The van der Waals surface area contributed by atoms with Gasteiger partial charge in [-0.3, -0.25) is 0 Å². The summed E-state index contributed by atoms with van der Waals surface area (Å²) in [5, 5.41) is 2.98. The van der Waals surface area contributed by atoms with E-state index in [4.69, 9.17) is 4.74 Å². The molecular weight excluding hydrogens is 360 g/mol. The van der Waals surface area contributed by atoms with Gasteiger partial charge in [0.2, 0.25) is 0 Å². The predicted octanol–water partition coefficient (Wildman–Crippen LogP) is 4.23. The number of aromatic nitrogens is 1. The zero-order chi connectivity index (χ0) is 13.0. The van der Waals surface area contributed by atoms with Crippen LogP contribution in [-0.2, 0) is 6.61 Å². The van der Waals surface area contributed by atoms with E-state index in [0.717, 1.165) is 26.1 Å². The van der Waals surface area contributed by atoms with Crippen molar-refractivity contribution in [2.24, 2.45) is 0 Å². The molecule has 1 N–H and O–H groups in total. The van der Waals surface area contributed by atoms with Crippen LogP contribution in [-0.4, -0.2) is 12.0 Å². The fourth-order valence-corrected chi connectivity index (χ4v) is 2.66. The van der Waals surface area contributed by atoms with Crippen molar-refractivity contribution in [2.45, 2.75) is 6.61 Å². The second-order valence-electron chi connectivity index (χ2n) is 3.64. The summed E-state index contributed by atoms with van der Waals surface area (Å²) in [7, 11) is 1.84. The third-order valence-electron chi connectivity index (χ3n) is 2.38. The zero-order valence-corrected chi connectivity index (χ0v) is 13.0. The third kappa shape index (κ3) is 3.23. The van der Waals surface area contributed by atoms with E-state index in [2.05, 4.69) is 42.2 Å². The molecule has 18 heavy (non-hydrogen) atoms. The normalized spacial score (nSPS) is 10.2. The molecular formula is C13H12Br2N2O. The number of para-hydroxylation sites is 1. The molecule has 1 heterocycles. The van der Waals surface area contributed by atoms with Crippen LogP contribution >= 0.6 is 31.9 Å². The van der Waals surface area contributed by atoms with Crippen LogP contribution in [0.3, 0.4) is 0 Å². The van der Waals surface area contributed by atoms with Crippen molar-refractivity contribution in [3.05, 3.63) is 51.0 Å². The summed E-state index contributed by atoms with van der Waals surface area (Å²) in [6.07, 6.45) is 1.80. The molecule has 0 radical (unpaired) electrons. The molecule has 0 spiro atoms. The maximum atomic E-state index is 5.77. The molecule has 0 unspecified atom stereocenters. The highest BCUT2D eigenvalue weighted by atomic mass is 79.9. The van der Waals surface area contributed by atoms with Gasteiger partial charge >= 0.3 is 0 Å². The largest absolute Gasteiger partial charge is 0.486 e. The van der Waals surface area contributed by atoms with Gasteiger partial charge in [0.25, 0.3) is 0 Å². The van der Waals surface area contributed by atoms with Crippen LogP contribution in [0.1, 0.15) is 5.56 Å². The first-order valence-corrected chi connectivity index (χ1v) is 6.99. The Labute approximate surface area is 123 Å². The third-order valence-corrected chi connectivity index (χ3v) is 3.63. The Morgan fingerprint density at radius 1 is 1.17 bits per heavy atom. The monoisotopic (exact) mass is 370 g/mol. The Kier molecular flexibility index (Phi) is 4.60. The molecule has 1 aromatic carbocycles. The quantitative estimate of drug-likeness (QED) is 0.873. The van der Waals surface area contributed by atoms with E-state index in [9.17, 15) is 0 Å². The molecule has 0 aliphatic heterocycles. The molecule has 2 rings (SSSR count). The molecule has 0 bridgehead atoms. The lowest BCUT2D eigenvalue weighted by molar-refractivity contribution is 0.302. The van der Waals surface area contributed by atoms with E-state index in [1.807, 2.05) is 37.4 Å². The Morgan fingerprint density at radius 3 is 2.44 bits per heavy atom. The highest BCUT2D eigenvalue weighted by Gasteiger charge is 2.06. The fraction of sp³-hybridized carbons (Fsp3) is 0.154. The summed E-state index contributed by atoms with van der Waals surface area (Å²) in [6.45, 7) is 0.484. The van der Waals surface area contributed by atoms with Crippen LogP contribution in [0.25, 0.3) is 0 Å². The SMILES string of the molecule is CNc1ccc(COc2c(Br)cccc2Br)cn1. The number of benzene rings is 1. The topological polar surface area (TPSA) is 34.1 Å². The van der Waals surface area contributed by atoms with Crippen molar-refractivity contribution in [1.82, 2.24) is 4.98 Å². The van der Waals surface area contributed by atoms with Gasteiger partial charge in [-0.05, 0) is 50.1 Å². The molecule has 0 fully saturated rings. The number of pyridine rings is 1. The first-order chi connectivity index (χ1) is 8.70. The van der Waals surface area contributed by atoms with E-state index in [0.29, 0.717) is 6.61 Å². The molecule has 94 valence electrons. The van der Waals surface area contributed by atoms with Gasteiger partial charge in [0.15, 0.2) is 0 Å². The van der Waals surface area contributed by atoms with Crippen molar-refractivity contribution in [1.29, 1.82) is 0 Å². The van der Waals surface area contributed by atoms with E-state index in [1.165, 1.54) is 0 Å². The van der Waals surface area contributed by atoms with Gasteiger partial charge in [0, 0.05) is 18.8 Å². The fourth-order valence-electron chi connectivity index (χ4n) is 1.43. The minimum Gasteiger partial charge on any atom is -0.486 e. The van der Waals surface area contributed by atoms with Crippen molar-refractivity contribution in [3.8, 4) is 5.75 Å². The number of nitrogens with one attached hydrogen (secondary N) is 1. The molecule has 5 heteroatoms. The maximum absolute atomic E-state index is 5.77. The van der Waals surface area contributed by atoms with Crippen LogP contribution in [0.15, 0.2) is 45.5 Å². The Balaban J connectivity index is 2.06. The lowest BCUT2D eigenvalue weighted by Gasteiger charge is -2.10. The molecule has 0 saturated carbocycles. The minimum atomic E-state index is 0.484. The number of anilines is 1. The standard InChI is InChI=1S/C13H12Br2N2O/c1-16-12-6-5-9(7-17-12)8-18-13-10(14)3-2-4-11(13)15/h2-7H,8H2,1H3,(H,16,17). The molecule has 2 aromatic rings. The summed E-state index contributed by atoms with van der Waals surface area (Å²) >= 11 is 6.93. The minimum absolute atomic E-state index is 0.484. The van der Waals surface area contributed by atoms with E-state index in [1.54, 1.807) is 6.20 Å². The predicted molar refractivity (Wildman–Crippen MR) is 80.0 cm³/mol. The van der Waals surface area contributed by atoms with Crippen LogP contribution in [0, 0.1) is 0 Å². The van der Waals surface area contributed by atoms with E-state index < -0.39 is 0 Å². The highest BCUT2D eigenvalue weighted by Crippen LogP contribution is 2.33. The molecule has 0 atom stereocenters. The van der Waals surface area contributed by atoms with Crippen LogP contribution in [0.2, 0.25) is 0 Å².